The quantitative estimate of drug-likeness (QED) is 0.645. The molecule has 0 unspecified atom stereocenters. The molecule has 2 aliphatic rings. The number of carbonyl (C=O) groups excluding carboxylic acids is 1. The molecule has 168 valence electrons. The van der Waals surface area contributed by atoms with Crippen LogP contribution in [0.15, 0.2) is 30.3 Å². The summed E-state index contributed by atoms with van der Waals surface area (Å²) in [4.78, 5) is 14.5. The molecule has 1 aromatic carbocycles. The fourth-order valence-corrected chi connectivity index (χ4v) is 4.33. The van der Waals surface area contributed by atoms with Crippen LogP contribution in [0.1, 0.15) is 44.1 Å². The zero-order chi connectivity index (χ0) is 22.2. The van der Waals surface area contributed by atoms with Crippen LogP contribution in [0.2, 0.25) is 0 Å². The van der Waals surface area contributed by atoms with E-state index in [0.29, 0.717) is 12.5 Å². The van der Waals surface area contributed by atoms with Crippen molar-refractivity contribution in [3.63, 3.8) is 0 Å². The molecule has 9 heteroatoms. The summed E-state index contributed by atoms with van der Waals surface area (Å²) in [6.07, 6.45) is -10.4. The molecule has 0 aromatic heterocycles. The second-order valence-corrected chi connectivity index (χ2v) is 8.42. The summed E-state index contributed by atoms with van der Waals surface area (Å²) in [7, 11) is 0. The highest BCUT2D eigenvalue weighted by Crippen LogP contribution is 2.52. The normalized spacial score (nSPS) is 23.3. The van der Waals surface area contributed by atoms with E-state index in [1.807, 2.05) is 6.07 Å². The van der Waals surface area contributed by atoms with Crippen LogP contribution in [0.25, 0.3) is 0 Å². The van der Waals surface area contributed by atoms with Crippen molar-refractivity contribution in [2.24, 2.45) is 11.8 Å². The number of hydrogen-bond donors (Lipinski definition) is 1. The predicted octanol–water partition coefficient (Wildman–Crippen LogP) is 4.88. The summed E-state index contributed by atoms with van der Waals surface area (Å²) in [6.45, 7) is 0.476. The van der Waals surface area contributed by atoms with Gasteiger partial charge in [0.25, 0.3) is 5.60 Å². The van der Waals surface area contributed by atoms with Gasteiger partial charge in [0, 0.05) is 18.5 Å². The minimum absolute atomic E-state index is 0.00634. The summed E-state index contributed by atoms with van der Waals surface area (Å²) < 4.78 is 78.9. The molecule has 1 aromatic rings. The summed E-state index contributed by atoms with van der Waals surface area (Å²) in [5.74, 6) is -1.80. The Morgan fingerprint density at radius 3 is 1.90 bits per heavy atom. The molecule has 2 saturated carbocycles. The third kappa shape index (κ3) is 4.76. The number of benzene rings is 1. The van der Waals surface area contributed by atoms with Gasteiger partial charge in [0.2, 0.25) is 5.91 Å². The lowest BCUT2D eigenvalue weighted by Gasteiger charge is -2.44. The largest absolute Gasteiger partial charge is 0.426 e. The first-order valence-electron chi connectivity index (χ1n) is 10.1. The van der Waals surface area contributed by atoms with Crippen LogP contribution < -0.4 is 0 Å². The average molecular weight is 437 g/mol. The van der Waals surface area contributed by atoms with Crippen molar-refractivity contribution in [3.8, 4) is 0 Å². The van der Waals surface area contributed by atoms with Crippen molar-refractivity contribution in [2.75, 3.05) is 6.54 Å². The number of rotatable bonds is 6. The highest BCUT2D eigenvalue weighted by molar-refractivity contribution is 5.79. The van der Waals surface area contributed by atoms with Crippen molar-refractivity contribution in [3.05, 3.63) is 35.9 Å². The second kappa shape index (κ2) is 8.40. The number of amides is 1. The SMILES string of the molecule is O=C(Cc1ccccc1)N(CC1CC1)C1CCC(C(O)(C(F)(F)F)C(F)(F)F)CC1. The van der Waals surface area contributed by atoms with Gasteiger partial charge in [0.1, 0.15) is 0 Å². The Balaban J connectivity index is 1.70. The lowest BCUT2D eigenvalue weighted by atomic mass is 9.74. The van der Waals surface area contributed by atoms with Crippen LogP contribution in [0.3, 0.4) is 0 Å². The van der Waals surface area contributed by atoms with Gasteiger partial charge in [0.05, 0.1) is 6.42 Å². The monoisotopic (exact) mass is 437 g/mol. The first-order valence-corrected chi connectivity index (χ1v) is 10.1. The summed E-state index contributed by atoms with van der Waals surface area (Å²) in [6, 6.07) is 8.61. The van der Waals surface area contributed by atoms with E-state index in [-0.39, 0.29) is 25.2 Å². The van der Waals surface area contributed by atoms with Crippen molar-refractivity contribution < 1.29 is 36.2 Å². The zero-order valence-electron chi connectivity index (χ0n) is 16.3. The maximum absolute atomic E-state index is 13.2. The van der Waals surface area contributed by atoms with Crippen LogP contribution in [0, 0.1) is 11.8 Å². The van der Waals surface area contributed by atoms with Crippen molar-refractivity contribution in [2.45, 2.75) is 68.9 Å². The van der Waals surface area contributed by atoms with Crippen molar-refractivity contribution in [1.82, 2.24) is 4.90 Å². The maximum atomic E-state index is 13.2. The number of carbonyl (C=O) groups is 1. The maximum Gasteiger partial charge on any atom is 0.426 e. The van der Waals surface area contributed by atoms with Gasteiger partial charge < -0.3 is 10.0 Å². The van der Waals surface area contributed by atoms with Gasteiger partial charge in [-0.2, -0.15) is 26.3 Å². The van der Waals surface area contributed by atoms with Gasteiger partial charge in [-0.15, -0.1) is 0 Å². The fraction of sp³-hybridized carbons (Fsp3) is 0.667. The number of nitrogens with zero attached hydrogens (tertiary/aromatic N) is 1. The first kappa shape index (κ1) is 22.9. The number of aliphatic hydroxyl groups is 1. The van der Waals surface area contributed by atoms with Crippen molar-refractivity contribution >= 4 is 5.91 Å². The molecular formula is C21H25F6NO2. The molecule has 0 radical (unpaired) electrons. The molecule has 1 amide bonds. The summed E-state index contributed by atoms with van der Waals surface area (Å²) >= 11 is 0. The molecule has 0 aliphatic heterocycles. The van der Waals surface area contributed by atoms with Crippen LogP contribution in [-0.4, -0.2) is 46.5 Å². The molecular weight excluding hydrogens is 412 g/mol. The molecule has 3 rings (SSSR count). The lowest BCUT2D eigenvalue weighted by Crippen LogP contribution is -2.62. The van der Waals surface area contributed by atoms with E-state index in [1.165, 1.54) is 0 Å². The van der Waals surface area contributed by atoms with E-state index in [9.17, 15) is 36.2 Å². The Kier molecular flexibility index (Phi) is 6.41. The van der Waals surface area contributed by atoms with Gasteiger partial charge in [-0.05, 0) is 50.0 Å². The highest BCUT2D eigenvalue weighted by Gasteiger charge is 2.73. The van der Waals surface area contributed by atoms with Crippen molar-refractivity contribution in [1.29, 1.82) is 0 Å². The molecule has 2 aliphatic carbocycles. The smallest absolute Gasteiger partial charge is 0.373 e. The topological polar surface area (TPSA) is 40.5 Å². The van der Waals surface area contributed by atoms with E-state index in [4.69, 9.17) is 0 Å². The predicted molar refractivity (Wildman–Crippen MR) is 97.4 cm³/mol. The minimum Gasteiger partial charge on any atom is -0.373 e. The third-order valence-electron chi connectivity index (χ3n) is 6.26. The van der Waals surface area contributed by atoms with E-state index in [2.05, 4.69) is 0 Å². The molecule has 0 atom stereocenters. The van der Waals surface area contributed by atoms with E-state index >= 15 is 0 Å². The lowest BCUT2D eigenvalue weighted by molar-refractivity contribution is -0.387. The summed E-state index contributed by atoms with van der Waals surface area (Å²) in [5, 5.41) is 9.66. The molecule has 0 heterocycles. The Morgan fingerprint density at radius 2 is 1.43 bits per heavy atom. The van der Waals surface area contributed by atoms with Crippen LogP contribution in [0.4, 0.5) is 26.3 Å². The Bertz CT molecular complexity index is 707. The Labute approximate surface area is 171 Å². The molecule has 2 fully saturated rings. The average Bonchev–Trinajstić information content (AvgIpc) is 3.49. The van der Waals surface area contributed by atoms with Crippen LogP contribution in [0.5, 0.6) is 0 Å². The van der Waals surface area contributed by atoms with Gasteiger partial charge in [-0.25, -0.2) is 0 Å². The first-order chi connectivity index (χ1) is 13.9. The number of alkyl halides is 6. The minimum atomic E-state index is -5.81. The Morgan fingerprint density at radius 1 is 0.900 bits per heavy atom. The molecule has 0 bridgehead atoms. The number of halogens is 6. The van der Waals surface area contributed by atoms with Gasteiger partial charge in [-0.3, -0.25) is 4.79 Å². The number of hydrogen-bond acceptors (Lipinski definition) is 2. The van der Waals surface area contributed by atoms with Crippen LogP contribution in [-0.2, 0) is 11.2 Å². The van der Waals surface area contributed by atoms with E-state index in [0.717, 1.165) is 18.4 Å². The van der Waals surface area contributed by atoms with E-state index in [1.54, 1.807) is 29.2 Å². The van der Waals surface area contributed by atoms with Gasteiger partial charge in [0.15, 0.2) is 0 Å². The fourth-order valence-electron chi connectivity index (χ4n) is 4.33. The standard InChI is InChI=1S/C21H25F6NO2/c22-20(23,24)19(30,21(25,26)27)16-8-10-17(11-9-16)28(13-15-6-7-15)18(29)12-14-4-2-1-3-5-14/h1-5,15-17,30H,6-13H2. The molecule has 1 N–H and O–H groups in total. The zero-order valence-corrected chi connectivity index (χ0v) is 16.3. The molecule has 30 heavy (non-hydrogen) atoms. The Hall–Kier alpha value is -1.77. The summed E-state index contributed by atoms with van der Waals surface area (Å²) in [5.41, 5.74) is -3.92. The highest BCUT2D eigenvalue weighted by atomic mass is 19.4. The van der Waals surface area contributed by atoms with Gasteiger partial charge in [-0.1, -0.05) is 30.3 Å². The molecule has 3 nitrogen and oxygen atoms in total. The molecule has 0 spiro atoms. The third-order valence-corrected chi connectivity index (χ3v) is 6.26. The second-order valence-electron chi connectivity index (χ2n) is 8.42. The van der Waals surface area contributed by atoms with E-state index < -0.39 is 42.8 Å². The van der Waals surface area contributed by atoms with Gasteiger partial charge >= 0.3 is 12.4 Å². The molecule has 0 saturated heterocycles. The van der Waals surface area contributed by atoms with Crippen LogP contribution >= 0.6 is 0 Å².